The number of nitrogens with zero attached hydrogens (tertiary/aromatic N) is 1. The van der Waals surface area contributed by atoms with E-state index in [0.717, 1.165) is 21.8 Å². The van der Waals surface area contributed by atoms with Gasteiger partial charge in [-0.3, -0.25) is 10.2 Å². The number of thiocarbonyl (C=S) groups is 1. The van der Waals surface area contributed by atoms with Crippen LogP contribution in [-0.4, -0.2) is 27.6 Å². The summed E-state index contributed by atoms with van der Waals surface area (Å²) in [6.45, 7) is 3.70. The van der Waals surface area contributed by atoms with Crippen LogP contribution in [0.1, 0.15) is 24.5 Å². The molecule has 0 aromatic heterocycles. The van der Waals surface area contributed by atoms with Crippen molar-refractivity contribution in [3.63, 3.8) is 0 Å². The summed E-state index contributed by atoms with van der Waals surface area (Å²) in [6.07, 6.45) is 1.18. The SMILES string of the molecule is Cc1cccc(NC(=S)NN2C(=O)N[C@](C)(CCc3ccccc3)C2=O)c1. The molecule has 1 aliphatic heterocycles. The number of hydrogen-bond donors (Lipinski definition) is 3. The summed E-state index contributed by atoms with van der Waals surface area (Å²) in [5.74, 6) is -0.350. The van der Waals surface area contributed by atoms with E-state index in [2.05, 4.69) is 16.1 Å². The maximum atomic E-state index is 12.8. The van der Waals surface area contributed by atoms with Gasteiger partial charge in [0, 0.05) is 5.69 Å². The number of urea groups is 1. The lowest BCUT2D eigenvalue weighted by Crippen LogP contribution is -2.50. The van der Waals surface area contributed by atoms with Crippen molar-refractivity contribution in [3.05, 3.63) is 65.7 Å². The van der Waals surface area contributed by atoms with Gasteiger partial charge in [0.1, 0.15) is 5.54 Å². The summed E-state index contributed by atoms with van der Waals surface area (Å²) < 4.78 is 0. The number of aryl methyl sites for hydroxylation is 2. The summed E-state index contributed by atoms with van der Waals surface area (Å²) in [4.78, 5) is 25.1. The Balaban J connectivity index is 1.62. The van der Waals surface area contributed by atoms with Gasteiger partial charge in [0.15, 0.2) is 5.11 Å². The molecule has 27 heavy (non-hydrogen) atoms. The standard InChI is InChI=1S/C20H22N4O2S/c1-14-7-6-10-16(13-14)21-18(27)23-24-17(25)20(2,22-19(24)26)12-11-15-8-4-3-5-9-15/h3-10,13H,11-12H2,1-2H3,(H,22,26)(H2,21,23,27)/t20-/m1/s1. The summed E-state index contributed by atoms with van der Waals surface area (Å²) in [6, 6.07) is 17.0. The zero-order chi connectivity index (χ0) is 19.4. The molecule has 1 saturated heterocycles. The van der Waals surface area contributed by atoms with Gasteiger partial charge in [-0.05, 0) is 62.2 Å². The Bertz CT molecular complexity index is 871. The molecule has 0 aliphatic carbocycles. The minimum absolute atomic E-state index is 0.177. The highest BCUT2D eigenvalue weighted by Gasteiger charge is 2.48. The molecule has 0 unspecified atom stereocenters. The van der Waals surface area contributed by atoms with Crippen molar-refractivity contribution in [2.45, 2.75) is 32.2 Å². The number of rotatable bonds is 5. The first-order chi connectivity index (χ1) is 12.9. The number of carbonyl (C=O) groups excluding carboxylic acids is 2. The van der Waals surface area contributed by atoms with Crippen molar-refractivity contribution in [1.82, 2.24) is 15.8 Å². The van der Waals surface area contributed by atoms with Gasteiger partial charge in [-0.15, -0.1) is 0 Å². The van der Waals surface area contributed by atoms with Crippen LogP contribution in [0.3, 0.4) is 0 Å². The monoisotopic (exact) mass is 382 g/mol. The summed E-state index contributed by atoms with van der Waals surface area (Å²) in [5, 5.41) is 6.87. The van der Waals surface area contributed by atoms with Crippen molar-refractivity contribution < 1.29 is 9.59 Å². The number of hydrogen-bond acceptors (Lipinski definition) is 3. The van der Waals surface area contributed by atoms with E-state index in [1.165, 1.54) is 0 Å². The van der Waals surface area contributed by atoms with Gasteiger partial charge in [-0.2, -0.15) is 5.01 Å². The van der Waals surface area contributed by atoms with Crippen LogP contribution in [0, 0.1) is 6.92 Å². The predicted octanol–water partition coefficient (Wildman–Crippen LogP) is 3.14. The van der Waals surface area contributed by atoms with Crippen LogP contribution in [0.15, 0.2) is 54.6 Å². The molecule has 2 aromatic carbocycles. The van der Waals surface area contributed by atoms with Crippen molar-refractivity contribution in [1.29, 1.82) is 0 Å². The van der Waals surface area contributed by atoms with Gasteiger partial charge in [0.05, 0.1) is 0 Å². The largest absolute Gasteiger partial charge is 0.344 e. The van der Waals surface area contributed by atoms with Gasteiger partial charge in [-0.25, -0.2) is 4.79 Å². The second-order valence-electron chi connectivity index (χ2n) is 6.82. The van der Waals surface area contributed by atoms with Crippen LogP contribution in [0.2, 0.25) is 0 Å². The fraction of sp³-hybridized carbons (Fsp3) is 0.250. The number of benzene rings is 2. The van der Waals surface area contributed by atoms with Gasteiger partial charge in [0.25, 0.3) is 5.91 Å². The lowest BCUT2D eigenvalue weighted by Gasteiger charge is -2.22. The van der Waals surface area contributed by atoms with Crippen LogP contribution in [-0.2, 0) is 11.2 Å². The first-order valence-corrected chi connectivity index (χ1v) is 9.13. The Morgan fingerprint density at radius 1 is 1.15 bits per heavy atom. The third-order valence-electron chi connectivity index (χ3n) is 4.51. The number of carbonyl (C=O) groups is 2. The van der Waals surface area contributed by atoms with Crippen molar-refractivity contribution in [3.8, 4) is 0 Å². The van der Waals surface area contributed by atoms with E-state index in [4.69, 9.17) is 12.2 Å². The summed E-state index contributed by atoms with van der Waals surface area (Å²) >= 11 is 5.24. The number of imide groups is 1. The van der Waals surface area contributed by atoms with Gasteiger partial charge < -0.3 is 10.6 Å². The predicted molar refractivity (Wildman–Crippen MR) is 109 cm³/mol. The van der Waals surface area contributed by atoms with Crippen molar-refractivity contribution in [2.75, 3.05) is 5.32 Å². The first kappa shape index (κ1) is 18.8. The quantitative estimate of drug-likeness (QED) is 0.547. The average Bonchev–Trinajstić information content (AvgIpc) is 2.84. The smallest absolute Gasteiger partial charge is 0.331 e. The van der Waals surface area contributed by atoms with E-state index in [9.17, 15) is 9.59 Å². The highest BCUT2D eigenvalue weighted by molar-refractivity contribution is 7.80. The van der Waals surface area contributed by atoms with E-state index in [-0.39, 0.29) is 11.0 Å². The zero-order valence-electron chi connectivity index (χ0n) is 15.3. The highest BCUT2D eigenvalue weighted by Crippen LogP contribution is 2.22. The zero-order valence-corrected chi connectivity index (χ0v) is 16.1. The molecule has 3 N–H and O–H groups in total. The van der Waals surface area contributed by atoms with E-state index in [1.807, 2.05) is 61.5 Å². The molecular weight excluding hydrogens is 360 g/mol. The third kappa shape index (κ3) is 4.43. The molecule has 1 atom stereocenters. The van der Waals surface area contributed by atoms with Crippen LogP contribution >= 0.6 is 12.2 Å². The third-order valence-corrected chi connectivity index (χ3v) is 4.70. The van der Waals surface area contributed by atoms with Gasteiger partial charge in [-0.1, -0.05) is 42.5 Å². The van der Waals surface area contributed by atoms with Crippen LogP contribution < -0.4 is 16.1 Å². The summed E-state index contributed by atoms with van der Waals surface area (Å²) in [7, 11) is 0. The lowest BCUT2D eigenvalue weighted by atomic mass is 9.93. The van der Waals surface area contributed by atoms with Crippen LogP contribution in [0.4, 0.5) is 10.5 Å². The minimum atomic E-state index is -0.973. The topological polar surface area (TPSA) is 73.5 Å². The van der Waals surface area contributed by atoms with Gasteiger partial charge >= 0.3 is 6.03 Å². The fourth-order valence-electron chi connectivity index (χ4n) is 2.98. The van der Waals surface area contributed by atoms with E-state index in [0.29, 0.717) is 12.8 Å². The van der Waals surface area contributed by atoms with Crippen LogP contribution in [0.25, 0.3) is 0 Å². The van der Waals surface area contributed by atoms with Crippen LogP contribution in [0.5, 0.6) is 0 Å². The molecule has 1 aliphatic rings. The maximum Gasteiger partial charge on any atom is 0.344 e. The second-order valence-corrected chi connectivity index (χ2v) is 7.23. The average molecular weight is 382 g/mol. The number of hydrazine groups is 1. The van der Waals surface area contributed by atoms with E-state index < -0.39 is 11.6 Å². The molecule has 3 amide bonds. The van der Waals surface area contributed by atoms with Gasteiger partial charge in [0.2, 0.25) is 0 Å². The van der Waals surface area contributed by atoms with E-state index >= 15 is 0 Å². The lowest BCUT2D eigenvalue weighted by molar-refractivity contribution is -0.132. The Kier molecular flexibility index (Phi) is 5.41. The Morgan fingerprint density at radius 2 is 1.89 bits per heavy atom. The molecule has 0 spiro atoms. The second kappa shape index (κ2) is 7.75. The van der Waals surface area contributed by atoms with Crippen molar-refractivity contribution >= 4 is 35.0 Å². The van der Waals surface area contributed by atoms with Crippen molar-refractivity contribution in [2.24, 2.45) is 0 Å². The molecule has 0 bridgehead atoms. The molecular formula is C20H22N4O2S. The highest BCUT2D eigenvalue weighted by atomic mass is 32.1. The molecule has 7 heteroatoms. The normalized spacial score (nSPS) is 19.0. The van der Waals surface area contributed by atoms with E-state index in [1.54, 1.807) is 6.92 Å². The molecule has 0 saturated carbocycles. The first-order valence-electron chi connectivity index (χ1n) is 8.72. The number of anilines is 1. The fourth-order valence-corrected chi connectivity index (χ4v) is 3.19. The number of amides is 3. The molecule has 140 valence electrons. The molecule has 0 radical (unpaired) electrons. The Morgan fingerprint density at radius 3 is 2.59 bits per heavy atom. The molecule has 6 nitrogen and oxygen atoms in total. The maximum absolute atomic E-state index is 12.8. The number of nitrogens with one attached hydrogen (secondary N) is 3. The molecule has 1 heterocycles. The Hall–Kier alpha value is -2.93. The summed E-state index contributed by atoms with van der Waals surface area (Å²) in [5.41, 5.74) is 4.69. The minimum Gasteiger partial charge on any atom is -0.331 e. The molecule has 3 rings (SSSR count). The molecule has 1 fully saturated rings. The Labute approximate surface area is 163 Å². The molecule has 2 aromatic rings.